The van der Waals surface area contributed by atoms with E-state index >= 15 is 0 Å². The minimum atomic E-state index is 0.173. The van der Waals surface area contributed by atoms with E-state index in [-0.39, 0.29) is 11.5 Å². The van der Waals surface area contributed by atoms with E-state index in [1.807, 2.05) is 12.1 Å². The molecule has 0 saturated carbocycles. The highest BCUT2D eigenvalue weighted by molar-refractivity contribution is 5.61. The zero-order valence-electron chi connectivity index (χ0n) is 11.6. The van der Waals surface area contributed by atoms with Crippen LogP contribution in [0.2, 0.25) is 0 Å². The van der Waals surface area contributed by atoms with Crippen LogP contribution in [0.15, 0.2) is 60.9 Å². The van der Waals surface area contributed by atoms with Crippen molar-refractivity contribution in [3.8, 4) is 11.5 Å². The van der Waals surface area contributed by atoms with Crippen molar-refractivity contribution in [2.24, 2.45) is 0 Å². The molecule has 0 fully saturated rings. The zero-order valence-corrected chi connectivity index (χ0v) is 11.6. The third kappa shape index (κ3) is 3.43. The smallest absolute Gasteiger partial charge is 0.227 e. The number of hydrogen-bond acceptors (Lipinski definition) is 6. The van der Waals surface area contributed by atoms with Crippen LogP contribution < -0.4 is 10.6 Å². The Kier molecular flexibility index (Phi) is 3.74. The summed E-state index contributed by atoms with van der Waals surface area (Å²) in [6.07, 6.45) is 3.25. The first-order chi connectivity index (χ1) is 10.7. The molecule has 110 valence electrons. The van der Waals surface area contributed by atoms with Crippen molar-refractivity contribution in [1.29, 1.82) is 0 Å². The minimum absolute atomic E-state index is 0.173. The van der Waals surface area contributed by atoms with Gasteiger partial charge in [-0.05, 0) is 24.3 Å². The molecule has 0 bridgehead atoms. The molecule has 1 aromatic heterocycles. The summed E-state index contributed by atoms with van der Waals surface area (Å²) in [7, 11) is 0. The second-order valence-electron chi connectivity index (χ2n) is 4.65. The zero-order chi connectivity index (χ0) is 15.4. The van der Waals surface area contributed by atoms with Crippen LogP contribution in [0.1, 0.15) is 0 Å². The van der Waals surface area contributed by atoms with Gasteiger partial charge in [0.2, 0.25) is 5.95 Å². The number of phenolic OH excluding ortho intramolecular Hbond substituents is 2. The number of aromatic hydroxyl groups is 2. The molecule has 0 spiro atoms. The first-order valence-electron chi connectivity index (χ1n) is 6.63. The van der Waals surface area contributed by atoms with Gasteiger partial charge in [-0.3, -0.25) is 0 Å². The van der Waals surface area contributed by atoms with Crippen molar-refractivity contribution >= 4 is 23.0 Å². The molecular formula is C16H14N4O2. The number of hydrogen-bond donors (Lipinski definition) is 4. The lowest BCUT2D eigenvalue weighted by molar-refractivity contribution is 0.475. The van der Waals surface area contributed by atoms with Crippen LogP contribution in [0.3, 0.4) is 0 Å². The number of nitrogens with one attached hydrogen (secondary N) is 2. The number of rotatable bonds is 4. The van der Waals surface area contributed by atoms with Gasteiger partial charge in [-0.25, -0.2) is 9.97 Å². The van der Waals surface area contributed by atoms with Gasteiger partial charge in [0.1, 0.15) is 11.5 Å². The van der Waals surface area contributed by atoms with Gasteiger partial charge in [-0.1, -0.05) is 12.1 Å². The van der Waals surface area contributed by atoms with E-state index in [9.17, 15) is 10.2 Å². The summed E-state index contributed by atoms with van der Waals surface area (Å²) < 4.78 is 0. The second-order valence-corrected chi connectivity index (χ2v) is 4.65. The largest absolute Gasteiger partial charge is 0.508 e. The summed E-state index contributed by atoms with van der Waals surface area (Å²) in [6, 6.07) is 13.5. The average Bonchev–Trinajstić information content (AvgIpc) is 2.49. The normalized spacial score (nSPS) is 10.2. The van der Waals surface area contributed by atoms with Gasteiger partial charge in [-0.15, -0.1) is 0 Å². The van der Waals surface area contributed by atoms with Crippen molar-refractivity contribution in [1.82, 2.24) is 9.97 Å². The number of aromatic nitrogens is 2. The lowest BCUT2D eigenvalue weighted by Crippen LogP contribution is -1.98. The van der Waals surface area contributed by atoms with Gasteiger partial charge in [0.05, 0.1) is 18.1 Å². The van der Waals surface area contributed by atoms with Crippen LogP contribution in [-0.4, -0.2) is 20.2 Å². The summed E-state index contributed by atoms with van der Waals surface area (Å²) in [5.74, 6) is 0.785. The Morgan fingerprint density at radius 1 is 0.682 bits per heavy atom. The molecule has 0 amide bonds. The molecular weight excluding hydrogens is 280 g/mol. The monoisotopic (exact) mass is 294 g/mol. The van der Waals surface area contributed by atoms with Crippen LogP contribution in [0, 0.1) is 0 Å². The highest BCUT2D eigenvalue weighted by Gasteiger charge is 2.01. The molecule has 6 nitrogen and oxygen atoms in total. The maximum atomic E-state index is 9.42. The maximum Gasteiger partial charge on any atom is 0.227 e. The Morgan fingerprint density at radius 3 is 1.77 bits per heavy atom. The van der Waals surface area contributed by atoms with E-state index in [0.717, 1.165) is 5.69 Å². The van der Waals surface area contributed by atoms with Gasteiger partial charge in [0.25, 0.3) is 0 Å². The fraction of sp³-hybridized carbons (Fsp3) is 0. The third-order valence-electron chi connectivity index (χ3n) is 2.89. The van der Waals surface area contributed by atoms with Crippen molar-refractivity contribution in [3.05, 3.63) is 60.9 Å². The number of anilines is 4. The Bertz CT molecular complexity index is 709. The summed E-state index contributed by atoms with van der Waals surface area (Å²) in [5, 5.41) is 24.9. The fourth-order valence-corrected chi connectivity index (χ4v) is 1.92. The molecule has 0 unspecified atom stereocenters. The van der Waals surface area contributed by atoms with Crippen molar-refractivity contribution in [2.45, 2.75) is 0 Å². The molecule has 1 heterocycles. The summed E-state index contributed by atoms with van der Waals surface area (Å²) in [5.41, 5.74) is 2.15. The van der Waals surface area contributed by atoms with Crippen LogP contribution in [0.5, 0.6) is 11.5 Å². The Balaban J connectivity index is 1.70. The molecule has 0 aliphatic rings. The predicted octanol–water partition coefficient (Wildman–Crippen LogP) is 3.38. The molecule has 0 saturated heterocycles. The third-order valence-corrected chi connectivity index (χ3v) is 2.89. The lowest BCUT2D eigenvalue weighted by Gasteiger charge is -2.08. The second kappa shape index (κ2) is 6.01. The van der Waals surface area contributed by atoms with E-state index < -0.39 is 0 Å². The molecule has 3 rings (SSSR count). The Morgan fingerprint density at radius 2 is 1.23 bits per heavy atom. The van der Waals surface area contributed by atoms with Crippen molar-refractivity contribution in [2.75, 3.05) is 10.6 Å². The summed E-state index contributed by atoms with van der Waals surface area (Å²) in [6.45, 7) is 0. The van der Waals surface area contributed by atoms with Gasteiger partial charge in [0, 0.05) is 23.5 Å². The molecule has 6 heteroatoms. The predicted molar refractivity (Wildman–Crippen MR) is 84.8 cm³/mol. The summed E-state index contributed by atoms with van der Waals surface area (Å²) >= 11 is 0. The number of benzene rings is 2. The first-order valence-corrected chi connectivity index (χ1v) is 6.63. The van der Waals surface area contributed by atoms with Crippen LogP contribution in [0.4, 0.5) is 23.0 Å². The van der Waals surface area contributed by atoms with Gasteiger partial charge in [-0.2, -0.15) is 0 Å². The SMILES string of the molecule is Oc1cccc(Nc2cnc(Nc3cccc(O)c3)nc2)c1. The van der Waals surface area contributed by atoms with Gasteiger partial charge in [0.15, 0.2) is 0 Å². The van der Waals surface area contributed by atoms with Crippen LogP contribution in [0.25, 0.3) is 0 Å². The molecule has 0 aliphatic carbocycles. The number of nitrogens with zero attached hydrogens (tertiary/aromatic N) is 2. The van der Waals surface area contributed by atoms with E-state index in [1.54, 1.807) is 48.8 Å². The van der Waals surface area contributed by atoms with Gasteiger partial charge >= 0.3 is 0 Å². The topological polar surface area (TPSA) is 90.3 Å². The summed E-state index contributed by atoms with van der Waals surface area (Å²) in [4.78, 5) is 8.39. The Labute approximate surface area is 127 Å². The average molecular weight is 294 g/mol. The quantitative estimate of drug-likeness (QED) is 0.590. The molecule has 22 heavy (non-hydrogen) atoms. The van der Waals surface area contributed by atoms with E-state index in [1.165, 1.54) is 0 Å². The highest BCUT2D eigenvalue weighted by Crippen LogP contribution is 2.21. The van der Waals surface area contributed by atoms with Crippen molar-refractivity contribution in [3.63, 3.8) is 0 Å². The highest BCUT2D eigenvalue weighted by atomic mass is 16.3. The molecule has 2 aromatic carbocycles. The molecule has 0 radical (unpaired) electrons. The molecule has 0 aliphatic heterocycles. The van der Waals surface area contributed by atoms with E-state index in [0.29, 0.717) is 17.3 Å². The van der Waals surface area contributed by atoms with E-state index in [4.69, 9.17) is 0 Å². The fourth-order valence-electron chi connectivity index (χ4n) is 1.92. The number of phenols is 2. The standard InChI is InChI=1S/C16H14N4O2/c21-14-5-1-3-11(7-14)19-13-9-17-16(18-10-13)20-12-4-2-6-15(22)8-12/h1-10,19,21-22H,(H,17,18,20). The van der Waals surface area contributed by atoms with Gasteiger partial charge < -0.3 is 20.8 Å². The minimum Gasteiger partial charge on any atom is -0.508 e. The lowest BCUT2D eigenvalue weighted by atomic mass is 10.3. The van der Waals surface area contributed by atoms with Crippen LogP contribution >= 0.6 is 0 Å². The molecule has 0 atom stereocenters. The van der Waals surface area contributed by atoms with Crippen LogP contribution in [-0.2, 0) is 0 Å². The van der Waals surface area contributed by atoms with Crippen molar-refractivity contribution < 1.29 is 10.2 Å². The van der Waals surface area contributed by atoms with E-state index in [2.05, 4.69) is 20.6 Å². The Hall–Kier alpha value is -3.28. The molecule has 4 N–H and O–H groups in total. The first kappa shape index (κ1) is 13.7. The maximum absolute atomic E-state index is 9.42. The molecule has 3 aromatic rings.